The van der Waals surface area contributed by atoms with E-state index in [1.807, 2.05) is 20.1 Å². The number of carbonyl (C=O) groups excluding carboxylic acids is 2. The van der Waals surface area contributed by atoms with Crippen LogP contribution in [0.3, 0.4) is 0 Å². The predicted molar refractivity (Wildman–Crippen MR) is 99.9 cm³/mol. The summed E-state index contributed by atoms with van der Waals surface area (Å²) in [6.07, 6.45) is 2.74. The molecule has 0 aliphatic rings. The van der Waals surface area contributed by atoms with Gasteiger partial charge in [-0.05, 0) is 50.6 Å². The molecular formula is C18H22N4O2S. The molecule has 1 heterocycles. The number of aromatic nitrogens is 2. The lowest BCUT2D eigenvalue weighted by Gasteiger charge is -2.12. The van der Waals surface area contributed by atoms with Crippen LogP contribution in [0.5, 0.6) is 0 Å². The first-order chi connectivity index (χ1) is 11.8. The smallest absolute Gasteiger partial charge is 0.251 e. The van der Waals surface area contributed by atoms with Crippen molar-refractivity contribution < 1.29 is 9.59 Å². The van der Waals surface area contributed by atoms with Crippen molar-refractivity contribution in [3.63, 3.8) is 0 Å². The van der Waals surface area contributed by atoms with E-state index in [9.17, 15) is 9.59 Å². The first-order valence-corrected chi connectivity index (χ1v) is 9.13. The Labute approximate surface area is 151 Å². The summed E-state index contributed by atoms with van der Waals surface area (Å²) in [7, 11) is 0. The zero-order valence-electron chi connectivity index (χ0n) is 14.8. The lowest BCUT2D eigenvalue weighted by atomic mass is 10.0. The molecule has 0 unspecified atom stereocenters. The summed E-state index contributed by atoms with van der Waals surface area (Å²) >= 11 is 1.49. The molecule has 1 aromatic heterocycles. The van der Waals surface area contributed by atoms with E-state index in [0.717, 1.165) is 27.7 Å². The number of amides is 2. The topological polar surface area (TPSA) is 98.0 Å². The second kappa shape index (κ2) is 8.11. The quantitative estimate of drug-likeness (QED) is 0.611. The molecule has 0 fully saturated rings. The molecule has 1 aromatic carbocycles. The fraction of sp³-hybridized carbons (Fsp3) is 0.333. The van der Waals surface area contributed by atoms with Crippen LogP contribution in [0, 0.1) is 20.8 Å². The van der Waals surface area contributed by atoms with E-state index >= 15 is 0 Å². The summed E-state index contributed by atoms with van der Waals surface area (Å²) in [4.78, 5) is 32.8. The molecule has 2 aromatic rings. The number of primary amides is 1. The van der Waals surface area contributed by atoms with Crippen LogP contribution in [0.4, 0.5) is 5.69 Å². The van der Waals surface area contributed by atoms with Crippen LogP contribution in [-0.4, -0.2) is 28.0 Å². The van der Waals surface area contributed by atoms with E-state index < -0.39 is 5.91 Å². The van der Waals surface area contributed by atoms with Gasteiger partial charge in [-0.15, -0.1) is 0 Å². The van der Waals surface area contributed by atoms with Crippen molar-refractivity contribution in [2.75, 3.05) is 11.6 Å². The maximum absolute atomic E-state index is 12.3. The van der Waals surface area contributed by atoms with Gasteiger partial charge in [0.2, 0.25) is 5.91 Å². The average Bonchev–Trinajstić information content (AvgIpc) is 2.53. The highest BCUT2D eigenvalue weighted by molar-refractivity contribution is 7.98. The fourth-order valence-corrected chi connectivity index (χ4v) is 3.17. The Morgan fingerprint density at radius 1 is 1.16 bits per heavy atom. The maximum Gasteiger partial charge on any atom is 0.251 e. The van der Waals surface area contributed by atoms with Crippen LogP contribution in [0.25, 0.3) is 0 Å². The Hall–Kier alpha value is -2.41. The van der Waals surface area contributed by atoms with E-state index in [0.29, 0.717) is 17.7 Å². The summed E-state index contributed by atoms with van der Waals surface area (Å²) in [5.74, 6) is -0.734. The first-order valence-electron chi connectivity index (χ1n) is 7.90. The van der Waals surface area contributed by atoms with Gasteiger partial charge in [-0.3, -0.25) is 9.59 Å². The Kier molecular flexibility index (Phi) is 6.14. The number of thioether (sulfide) groups is 1. The third-order valence-electron chi connectivity index (χ3n) is 3.98. The van der Waals surface area contributed by atoms with Gasteiger partial charge in [0.25, 0.3) is 5.91 Å². The molecule has 25 heavy (non-hydrogen) atoms. The number of hydrogen-bond acceptors (Lipinski definition) is 5. The minimum Gasteiger partial charge on any atom is -0.366 e. The van der Waals surface area contributed by atoms with Crippen molar-refractivity contribution in [3.05, 3.63) is 46.3 Å². The molecule has 0 saturated heterocycles. The molecule has 0 saturated carbocycles. The van der Waals surface area contributed by atoms with Crippen LogP contribution >= 0.6 is 11.8 Å². The lowest BCUT2D eigenvalue weighted by Crippen LogP contribution is -2.19. The van der Waals surface area contributed by atoms with Crippen molar-refractivity contribution in [2.45, 2.75) is 38.8 Å². The highest BCUT2D eigenvalue weighted by Crippen LogP contribution is 2.20. The number of nitrogens with one attached hydrogen (secondary N) is 1. The Balaban J connectivity index is 2.10. The number of carbonyl (C=O) groups is 2. The monoisotopic (exact) mass is 358 g/mol. The minimum absolute atomic E-state index is 0.180. The third-order valence-corrected chi connectivity index (χ3v) is 4.53. The number of nitrogens with two attached hydrogens (primary N) is 1. The highest BCUT2D eigenvalue weighted by atomic mass is 32.2. The Morgan fingerprint density at radius 3 is 2.36 bits per heavy atom. The van der Waals surface area contributed by atoms with Crippen molar-refractivity contribution in [3.8, 4) is 0 Å². The summed E-state index contributed by atoms with van der Waals surface area (Å²) in [5, 5.41) is 3.51. The minimum atomic E-state index is -0.554. The van der Waals surface area contributed by atoms with Crippen molar-refractivity contribution in [2.24, 2.45) is 5.73 Å². The number of rotatable bonds is 6. The standard InChI is InChI=1S/C18H22N4O2S/c1-10-6-5-7-14(16(10)17(19)24)22-15(23)9-8-13-11(2)20-18(25-4)21-12(13)3/h5-7H,8-9H2,1-4H3,(H2,19,24)(H,22,23). The number of hydrogen-bond donors (Lipinski definition) is 2. The van der Waals surface area contributed by atoms with E-state index in [2.05, 4.69) is 15.3 Å². The maximum atomic E-state index is 12.3. The zero-order valence-corrected chi connectivity index (χ0v) is 15.7. The van der Waals surface area contributed by atoms with Crippen molar-refractivity contribution >= 4 is 29.3 Å². The van der Waals surface area contributed by atoms with E-state index in [1.165, 1.54) is 11.8 Å². The molecule has 132 valence electrons. The summed E-state index contributed by atoms with van der Waals surface area (Å²) in [5.41, 5.74) is 9.69. The van der Waals surface area contributed by atoms with Crippen LogP contribution in [0.1, 0.15) is 39.3 Å². The highest BCUT2D eigenvalue weighted by Gasteiger charge is 2.15. The molecule has 6 nitrogen and oxygen atoms in total. The molecule has 0 bridgehead atoms. The Bertz CT molecular complexity index is 798. The summed E-state index contributed by atoms with van der Waals surface area (Å²) in [6.45, 7) is 5.63. The number of benzene rings is 1. The van der Waals surface area contributed by atoms with Gasteiger partial charge in [0.1, 0.15) is 0 Å². The van der Waals surface area contributed by atoms with Gasteiger partial charge in [-0.25, -0.2) is 9.97 Å². The van der Waals surface area contributed by atoms with Gasteiger partial charge in [-0.1, -0.05) is 23.9 Å². The largest absolute Gasteiger partial charge is 0.366 e. The molecule has 0 radical (unpaired) electrons. The van der Waals surface area contributed by atoms with Gasteiger partial charge in [0, 0.05) is 17.8 Å². The molecule has 0 aliphatic heterocycles. The molecule has 0 spiro atoms. The van der Waals surface area contributed by atoms with E-state index in [-0.39, 0.29) is 12.3 Å². The Morgan fingerprint density at radius 2 is 1.80 bits per heavy atom. The third kappa shape index (κ3) is 4.57. The molecule has 0 atom stereocenters. The number of anilines is 1. The van der Waals surface area contributed by atoms with Gasteiger partial charge in [0.05, 0.1) is 11.3 Å². The molecule has 2 amide bonds. The van der Waals surface area contributed by atoms with Crippen molar-refractivity contribution in [1.82, 2.24) is 9.97 Å². The molecule has 7 heteroatoms. The van der Waals surface area contributed by atoms with E-state index in [1.54, 1.807) is 25.1 Å². The molecular weight excluding hydrogens is 336 g/mol. The van der Waals surface area contributed by atoms with Gasteiger partial charge in [0.15, 0.2) is 5.16 Å². The average molecular weight is 358 g/mol. The zero-order chi connectivity index (χ0) is 18.6. The van der Waals surface area contributed by atoms with Crippen LogP contribution < -0.4 is 11.1 Å². The van der Waals surface area contributed by atoms with Crippen LogP contribution in [0.15, 0.2) is 23.4 Å². The second-order valence-corrected chi connectivity index (χ2v) is 6.54. The first kappa shape index (κ1) is 18.9. The summed E-state index contributed by atoms with van der Waals surface area (Å²) < 4.78 is 0. The molecule has 2 rings (SSSR count). The van der Waals surface area contributed by atoms with E-state index in [4.69, 9.17) is 5.73 Å². The van der Waals surface area contributed by atoms with Crippen molar-refractivity contribution in [1.29, 1.82) is 0 Å². The molecule has 0 aliphatic carbocycles. The van der Waals surface area contributed by atoms with Gasteiger partial charge >= 0.3 is 0 Å². The number of nitrogens with zero attached hydrogens (tertiary/aromatic N) is 2. The van der Waals surface area contributed by atoms with Crippen LogP contribution in [0.2, 0.25) is 0 Å². The van der Waals surface area contributed by atoms with Gasteiger partial charge in [-0.2, -0.15) is 0 Å². The second-order valence-electron chi connectivity index (χ2n) is 5.77. The predicted octanol–water partition coefficient (Wildman–Crippen LogP) is 2.79. The number of aryl methyl sites for hydroxylation is 3. The lowest BCUT2D eigenvalue weighted by molar-refractivity contribution is -0.116. The fourth-order valence-electron chi connectivity index (χ4n) is 2.71. The normalized spacial score (nSPS) is 10.6. The van der Waals surface area contributed by atoms with Crippen LogP contribution in [-0.2, 0) is 11.2 Å². The summed E-state index contributed by atoms with van der Waals surface area (Å²) in [6, 6.07) is 5.24. The molecule has 3 N–H and O–H groups in total. The SMILES string of the molecule is CSc1nc(C)c(CCC(=O)Nc2cccc(C)c2C(N)=O)c(C)n1. The van der Waals surface area contributed by atoms with Gasteiger partial charge < -0.3 is 11.1 Å².